The first-order chi connectivity index (χ1) is 9.84. The van der Waals surface area contributed by atoms with E-state index >= 15 is 0 Å². The Morgan fingerprint density at radius 3 is 2.48 bits per heavy atom. The van der Waals surface area contributed by atoms with E-state index in [1.54, 1.807) is 0 Å². The molecule has 2 atom stereocenters. The average Bonchev–Trinajstić information content (AvgIpc) is 2.44. The fraction of sp³-hybridized carbons (Fsp3) is 0.471. The van der Waals surface area contributed by atoms with E-state index in [2.05, 4.69) is 0 Å². The van der Waals surface area contributed by atoms with Crippen molar-refractivity contribution in [1.29, 1.82) is 0 Å². The van der Waals surface area contributed by atoms with Crippen LogP contribution in [-0.2, 0) is 16.0 Å². The number of carbonyl (C=O) groups excluding carboxylic acids is 1. The highest BCUT2D eigenvalue weighted by atomic mass is 16.5. The highest BCUT2D eigenvalue weighted by Gasteiger charge is 2.27. The maximum absolute atomic E-state index is 11.2. The second-order valence-electron chi connectivity index (χ2n) is 5.60. The van der Waals surface area contributed by atoms with E-state index in [1.165, 1.54) is 13.8 Å². The monoisotopic (exact) mass is 292 g/mol. The Hall–Kier alpha value is -1.65. The van der Waals surface area contributed by atoms with E-state index < -0.39 is 17.7 Å². The topological polar surface area (TPSA) is 66.8 Å². The summed E-state index contributed by atoms with van der Waals surface area (Å²) in [6.07, 6.45) is 2.34. The Kier molecular flexibility index (Phi) is 6.59. The lowest BCUT2D eigenvalue weighted by atomic mass is 9.94. The van der Waals surface area contributed by atoms with Crippen molar-refractivity contribution >= 4 is 5.97 Å². The maximum atomic E-state index is 11.2. The zero-order valence-corrected chi connectivity index (χ0v) is 12.9. The first-order valence-corrected chi connectivity index (χ1v) is 7.05. The summed E-state index contributed by atoms with van der Waals surface area (Å²) in [4.78, 5) is 11.2. The Morgan fingerprint density at radius 2 is 1.95 bits per heavy atom. The highest BCUT2D eigenvalue weighted by Crippen LogP contribution is 2.20. The number of ether oxygens (including phenoxy) is 1. The van der Waals surface area contributed by atoms with Gasteiger partial charge in [-0.25, -0.2) is 0 Å². The summed E-state index contributed by atoms with van der Waals surface area (Å²) in [5.74, 6) is -0.402. The van der Waals surface area contributed by atoms with Gasteiger partial charge in [-0.2, -0.15) is 0 Å². The first-order valence-electron chi connectivity index (χ1n) is 7.05. The van der Waals surface area contributed by atoms with Gasteiger partial charge in [-0.3, -0.25) is 4.79 Å². The zero-order chi connectivity index (χ0) is 15.9. The molecular weight excluding hydrogens is 268 g/mol. The van der Waals surface area contributed by atoms with Crippen LogP contribution in [0.3, 0.4) is 0 Å². The lowest BCUT2D eigenvalue weighted by Crippen LogP contribution is -2.36. The first kappa shape index (κ1) is 17.4. The summed E-state index contributed by atoms with van der Waals surface area (Å²) in [6, 6.07) is 9.94. The third-order valence-electron chi connectivity index (χ3n) is 3.28. The predicted octanol–water partition coefficient (Wildman–Crippen LogP) is 2.24. The molecule has 0 heterocycles. The van der Waals surface area contributed by atoms with Crippen molar-refractivity contribution in [2.45, 2.75) is 45.3 Å². The van der Waals surface area contributed by atoms with Gasteiger partial charge in [-0.15, -0.1) is 0 Å². The minimum Gasteiger partial charge on any atom is -0.458 e. The van der Waals surface area contributed by atoms with Gasteiger partial charge in [0.25, 0.3) is 0 Å². The maximum Gasteiger partial charge on any atom is 0.303 e. The molecule has 0 saturated heterocycles. The Labute approximate surface area is 126 Å². The molecule has 0 fully saturated rings. The van der Waals surface area contributed by atoms with Crippen molar-refractivity contribution in [3.8, 4) is 0 Å². The number of allylic oxidation sites excluding steroid dienone is 1. The number of rotatable bonds is 7. The smallest absolute Gasteiger partial charge is 0.303 e. The number of aliphatic hydroxyl groups is 2. The molecule has 0 spiro atoms. The fourth-order valence-corrected chi connectivity index (χ4v) is 1.98. The van der Waals surface area contributed by atoms with Gasteiger partial charge < -0.3 is 14.9 Å². The van der Waals surface area contributed by atoms with Crippen LogP contribution in [0.15, 0.2) is 42.0 Å². The molecule has 116 valence electrons. The van der Waals surface area contributed by atoms with E-state index in [1.807, 2.05) is 43.3 Å². The molecule has 4 nitrogen and oxygen atoms in total. The molecule has 2 N–H and O–H groups in total. The number of esters is 1. The van der Waals surface area contributed by atoms with E-state index in [4.69, 9.17) is 9.84 Å². The van der Waals surface area contributed by atoms with Crippen LogP contribution < -0.4 is 0 Å². The largest absolute Gasteiger partial charge is 0.458 e. The SMILES string of the molecule is CC(=O)OC(CC(C)(O)CO)/C(C)=C/Cc1ccccc1. The van der Waals surface area contributed by atoms with Gasteiger partial charge in [0.2, 0.25) is 0 Å². The molecule has 0 aliphatic heterocycles. The third kappa shape index (κ3) is 6.56. The molecule has 4 heteroatoms. The van der Waals surface area contributed by atoms with Gasteiger partial charge in [-0.05, 0) is 31.4 Å². The van der Waals surface area contributed by atoms with Crippen LogP contribution in [0.5, 0.6) is 0 Å². The molecule has 1 rings (SSSR count). The quantitative estimate of drug-likeness (QED) is 0.597. The van der Waals surface area contributed by atoms with Crippen LogP contribution in [0.1, 0.15) is 32.8 Å². The summed E-state index contributed by atoms with van der Waals surface area (Å²) in [5.41, 5.74) is 0.747. The summed E-state index contributed by atoms with van der Waals surface area (Å²) in [7, 11) is 0. The van der Waals surface area contributed by atoms with Gasteiger partial charge in [0.1, 0.15) is 6.10 Å². The molecule has 0 amide bonds. The van der Waals surface area contributed by atoms with Crippen molar-refractivity contribution in [3.05, 3.63) is 47.5 Å². The average molecular weight is 292 g/mol. The molecule has 0 aliphatic rings. The number of hydrogen-bond acceptors (Lipinski definition) is 4. The van der Waals surface area contributed by atoms with E-state index in [-0.39, 0.29) is 13.0 Å². The molecule has 0 aromatic heterocycles. The number of aliphatic hydroxyl groups excluding tert-OH is 1. The van der Waals surface area contributed by atoms with Crippen molar-refractivity contribution in [2.75, 3.05) is 6.61 Å². The van der Waals surface area contributed by atoms with Crippen LogP contribution in [0, 0.1) is 0 Å². The lowest BCUT2D eigenvalue weighted by molar-refractivity contribution is -0.147. The highest BCUT2D eigenvalue weighted by molar-refractivity contribution is 5.66. The Balaban J connectivity index is 2.79. The van der Waals surface area contributed by atoms with Crippen molar-refractivity contribution < 1.29 is 19.7 Å². The number of benzene rings is 1. The predicted molar refractivity (Wildman–Crippen MR) is 81.8 cm³/mol. The van der Waals surface area contributed by atoms with Crippen LogP contribution in [0.2, 0.25) is 0 Å². The molecule has 2 unspecified atom stereocenters. The molecule has 21 heavy (non-hydrogen) atoms. The molecule has 0 saturated carbocycles. The molecule has 0 radical (unpaired) electrons. The number of carbonyl (C=O) groups is 1. The normalized spacial score (nSPS) is 16.1. The molecule has 0 bridgehead atoms. The molecular formula is C17H24O4. The number of hydrogen-bond donors (Lipinski definition) is 2. The van der Waals surface area contributed by atoms with Crippen LogP contribution in [0.25, 0.3) is 0 Å². The Bertz CT molecular complexity index is 477. The lowest BCUT2D eigenvalue weighted by Gasteiger charge is -2.27. The van der Waals surface area contributed by atoms with Crippen molar-refractivity contribution in [1.82, 2.24) is 0 Å². The molecule has 0 aliphatic carbocycles. The third-order valence-corrected chi connectivity index (χ3v) is 3.28. The fourth-order valence-electron chi connectivity index (χ4n) is 1.98. The second kappa shape index (κ2) is 7.96. The van der Waals surface area contributed by atoms with Crippen LogP contribution in [0.4, 0.5) is 0 Å². The Morgan fingerprint density at radius 1 is 1.33 bits per heavy atom. The van der Waals surface area contributed by atoms with E-state index in [0.29, 0.717) is 0 Å². The van der Waals surface area contributed by atoms with Gasteiger partial charge in [0.05, 0.1) is 12.2 Å². The van der Waals surface area contributed by atoms with Crippen LogP contribution in [-0.4, -0.2) is 34.5 Å². The van der Waals surface area contributed by atoms with Gasteiger partial charge in [0.15, 0.2) is 0 Å². The minimum atomic E-state index is -1.28. The van der Waals surface area contributed by atoms with E-state index in [9.17, 15) is 9.90 Å². The van der Waals surface area contributed by atoms with Crippen molar-refractivity contribution in [3.63, 3.8) is 0 Å². The summed E-state index contributed by atoms with van der Waals surface area (Å²) >= 11 is 0. The van der Waals surface area contributed by atoms with E-state index in [0.717, 1.165) is 17.6 Å². The molecule has 1 aromatic carbocycles. The van der Waals surface area contributed by atoms with Gasteiger partial charge in [0, 0.05) is 13.3 Å². The summed E-state index contributed by atoms with van der Waals surface area (Å²) < 4.78 is 5.26. The standard InChI is InChI=1S/C17H24O4/c1-13(9-10-15-7-5-4-6-8-15)16(21-14(2)19)11-17(3,20)12-18/h4-9,16,18,20H,10-12H2,1-3H3/b13-9+. The minimum absolute atomic E-state index is 0.167. The molecule has 1 aromatic rings. The van der Waals surface area contributed by atoms with Gasteiger partial charge >= 0.3 is 5.97 Å². The summed E-state index contributed by atoms with van der Waals surface area (Å²) in [5, 5.41) is 19.1. The summed E-state index contributed by atoms with van der Waals surface area (Å²) in [6.45, 7) is 4.35. The zero-order valence-electron chi connectivity index (χ0n) is 12.9. The second-order valence-corrected chi connectivity index (χ2v) is 5.60. The van der Waals surface area contributed by atoms with Crippen molar-refractivity contribution in [2.24, 2.45) is 0 Å². The van der Waals surface area contributed by atoms with Gasteiger partial charge in [-0.1, -0.05) is 36.4 Å². The van der Waals surface area contributed by atoms with Crippen LogP contribution >= 0.6 is 0 Å².